The Bertz CT molecular complexity index is 975. The Labute approximate surface area is 171 Å². The molecule has 3 rings (SSSR count). The van der Waals surface area contributed by atoms with E-state index in [0.717, 1.165) is 18.4 Å². The van der Waals surface area contributed by atoms with Gasteiger partial charge in [0.1, 0.15) is 0 Å². The van der Waals surface area contributed by atoms with Crippen LogP contribution in [0.25, 0.3) is 5.52 Å². The van der Waals surface area contributed by atoms with E-state index in [-0.39, 0.29) is 29.4 Å². The van der Waals surface area contributed by atoms with Crippen LogP contribution in [0.1, 0.15) is 66.3 Å². The summed E-state index contributed by atoms with van der Waals surface area (Å²) in [5.74, 6) is -0.160. The van der Waals surface area contributed by atoms with Crippen LogP contribution in [0.5, 0.6) is 0 Å². The molecule has 6 nitrogen and oxygen atoms in total. The molecule has 1 unspecified atom stereocenters. The molecule has 0 spiro atoms. The highest BCUT2D eigenvalue weighted by atomic mass is 16.2. The van der Waals surface area contributed by atoms with E-state index >= 15 is 0 Å². The molecule has 1 atom stereocenters. The number of carbonyl (C=O) groups excluding carboxylic acids is 2. The van der Waals surface area contributed by atoms with Gasteiger partial charge in [-0.05, 0) is 37.5 Å². The summed E-state index contributed by atoms with van der Waals surface area (Å²) in [4.78, 5) is 32.4. The number of nitrogens with zero attached hydrogens (tertiary/aromatic N) is 3. The third-order valence-electron chi connectivity index (χ3n) is 4.88. The van der Waals surface area contributed by atoms with Crippen LogP contribution in [0.15, 0.2) is 54.7 Å². The van der Waals surface area contributed by atoms with E-state index in [1.165, 1.54) is 0 Å². The fourth-order valence-corrected chi connectivity index (χ4v) is 3.44. The molecule has 2 amide bonds. The molecule has 0 saturated carbocycles. The predicted octanol–water partition coefficient (Wildman–Crippen LogP) is 4.09. The fraction of sp³-hybridized carbons (Fsp3) is 0.348. The van der Waals surface area contributed by atoms with Crippen molar-refractivity contribution < 1.29 is 9.59 Å². The largest absolute Gasteiger partial charge is 0.344 e. The lowest BCUT2D eigenvalue weighted by Crippen LogP contribution is -2.34. The minimum absolute atomic E-state index is 0.148. The van der Waals surface area contributed by atoms with E-state index in [2.05, 4.69) is 10.3 Å². The molecule has 0 fully saturated rings. The summed E-state index contributed by atoms with van der Waals surface area (Å²) in [6.07, 6.45) is 3.52. The van der Waals surface area contributed by atoms with Gasteiger partial charge in [0.05, 0.1) is 11.6 Å². The van der Waals surface area contributed by atoms with Gasteiger partial charge in [-0.25, -0.2) is 4.98 Å². The van der Waals surface area contributed by atoms with Gasteiger partial charge in [0.15, 0.2) is 5.69 Å². The molecule has 0 aliphatic carbocycles. The maximum Gasteiger partial charge on any atom is 0.290 e. The Morgan fingerprint density at radius 2 is 1.69 bits per heavy atom. The number of hydrogen-bond acceptors (Lipinski definition) is 3. The minimum atomic E-state index is -0.290. The van der Waals surface area contributed by atoms with Gasteiger partial charge in [-0.15, -0.1) is 0 Å². The van der Waals surface area contributed by atoms with E-state index in [0.29, 0.717) is 18.6 Å². The monoisotopic (exact) mass is 392 g/mol. The molecular formula is C23H28N4O2. The third-order valence-corrected chi connectivity index (χ3v) is 4.88. The molecule has 1 N–H and O–H groups in total. The van der Waals surface area contributed by atoms with Crippen molar-refractivity contribution in [3.8, 4) is 0 Å². The number of amides is 2. The van der Waals surface area contributed by atoms with Crippen molar-refractivity contribution in [2.45, 2.75) is 39.7 Å². The lowest BCUT2D eigenvalue weighted by atomic mass is 10.1. The second kappa shape index (κ2) is 9.37. The van der Waals surface area contributed by atoms with Crippen LogP contribution in [-0.2, 0) is 0 Å². The molecule has 152 valence electrons. The SMILES string of the molecule is CCCN(CCC)C(=O)c1nc(C(=O)NC(C)c2ccccc2)c2ccccn12. The zero-order valence-electron chi connectivity index (χ0n) is 17.3. The quantitative estimate of drug-likeness (QED) is 0.628. The van der Waals surface area contributed by atoms with Crippen LogP contribution in [0.2, 0.25) is 0 Å². The van der Waals surface area contributed by atoms with E-state index in [1.807, 2.05) is 69.3 Å². The molecular weight excluding hydrogens is 364 g/mol. The summed E-state index contributed by atoms with van der Waals surface area (Å²) in [6, 6.07) is 15.1. The van der Waals surface area contributed by atoms with Crippen LogP contribution in [0, 0.1) is 0 Å². The van der Waals surface area contributed by atoms with Gasteiger partial charge in [-0.3, -0.25) is 14.0 Å². The summed E-state index contributed by atoms with van der Waals surface area (Å²) in [5, 5.41) is 3.00. The molecule has 0 radical (unpaired) electrons. The van der Waals surface area contributed by atoms with Gasteiger partial charge in [-0.2, -0.15) is 0 Å². The standard InChI is InChI=1S/C23H28N4O2/c1-4-14-26(15-5-2)23(29)21-25-20(19-13-9-10-16-27(19)21)22(28)24-17(3)18-11-7-6-8-12-18/h6-13,16-17H,4-5,14-15H2,1-3H3,(H,24,28). The maximum atomic E-state index is 13.1. The van der Waals surface area contributed by atoms with Crippen LogP contribution < -0.4 is 5.32 Å². The summed E-state index contributed by atoms with van der Waals surface area (Å²) >= 11 is 0. The Morgan fingerprint density at radius 1 is 1.03 bits per heavy atom. The highest BCUT2D eigenvalue weighted by molar-refractivity contribution is 6.02. The van der Waals surface area contributed by atoms with Gasteiger partial charge >= 0.3 is 0 Å². The second-order valence-corrected chi connectivity index (χ2v) is 7.14. The predicted molar refractivity (Wildman–Crippen MR) is 114 cm³/mol. The van der Waals surface area contributed by atoms with Crippen molar-refractivity contribution in [1.82, 2.24) is 19.6 Å². The van der Waals surface area contributed by atoms with E-state index in [4.69, 9.17) is 0 Å². The first-order chi connectivity index (χ1) is 14.1. The van der Waals surface area contributed by atoms with Crippen molar-refractivity contribution in [1.29, 1.82) is 0 Å². The average Bonchev–Trinajstić information content (AvgIpc) is 3.13. The van der Waals surface area contributed by atoms with Crippen molar-refractivity contribution in [2.75, 3.05) is 13.1 Å². The maximum absolute atomic E-state index is 13.1. The molecule has 0 aliphatic rings. The zero-order chi connectivity index (χ0) is 20.8. The first-order valence-corrected chi connectivity index (χ1v) is 10.2. The molecule has 1 aromatic carbocycles. The van der Waals surface area contributed by atoms with Crippen LogP contribution in [-0.4, -0.2) is 39.2 Å². The number of aromatic nitrogens is 2. The van der Waals surface area contributed by atoms with Gasteiger partial charge in [0, 0.05) is 19.3 Å². The number of hydrogen-bond donors (Lipinski definition) is 1. The average molecular weight is 393 g/mol. The van der Waals surface area contributed by atoms with E-state index in [1.54, 1.807) is 15.5 Å². The first-order valence-electron chi connectivity index (χ1n) is 10.2. The van der Waals surface area contributed by atoms with Gasteiger partial charge in [0.2, 0.25) is 5.82 Å². The van der Waals surface area contributed by atoms with Crippen molar-refractivity contribution in [3.63, 3.8) is 0 Å². The lowest BCUT2D eigenvalue weighted by molar-refractivity contribution is 0.0742. The molecule has 0 bridgehead atoms. The number of fused-ring (bicyclic) bond motifs is 1. The Kier molecular flexibility index (Phi) is 6.65. The van der Waals surface area contributed by atoms with E-state index in [9.17, 15) is 9.59 Å². The molecule has 6 heteroatoms. The summed E-state index contributed by atoms with van der Waals surface area (Å²) in [7, 11) is 0. The van der Waals surface area contributed by atoms with Crippen LogP contribution in [0.4, 0.5) is 0 Å². The number of pyridine rings is 1. The van der Waals surface area contributed by atoms with E-state index < -0.39 is 0 Å². The molecule has 0 aliphatic heterocycles. The lowest BCUT2D eigenvalue weighted by Gasteiger charge is -2.20. The number of benzene rings is 1. The minimum Gasteiger partial charge on any atom is -0.344 e. The third kappa shape index (κ3) is 4.47. The van der Waals surface area contributed by atoms with Gasteiger partial charge < -0.3 is 10.2 Å². The Morgan fingerprint density at radius 3 is 2.34 bits per heavy atom. The molecule has 0 saturated heterocycles. The number of carbonyl (C=O) groups is 2. The Hall–Kier alpha value is -3.15. The molecule has 3 aromatic rings. The van der Waals surface area contributed by atoms with Gasteiger partial charge in [-0.1, -0.05) is 50.2 Å². The number of imidazole rings is 1. The molecule has 2 aromatic heterocycles. The summed E-state index contributed by atoms with van der Waals surface area (Å²) in [5.41, 5.74) is 1.91. The highest BCUT2D eigenvalue weighted by Crippen LogP contribution is 2.18. The molecule has 2 heterocycles. The van der Waals surface area contributed by atoms with Crippen molar-refractivity contribution >= 4 is 17.3 Å². The topological polar surface area (TPSA) is 66.7 Å². The van der Waals surface area contributed by atoms with Crippen LogP contribution in [0.3, 0.4) is 0 Å². The molecule has 29 heavy (non-hydrogen) atoms. The fourth-order valence-electron chi connectivity index (χ4n) is 3.44. The van der Waals surface area contributed by atoms with Crippen molar-refractivity contribution in [2.24, 2.45) is 0 Å². The number of nitrogens with one attached hydrogen (secondary N) is 1. The number of rotatable bonds is 8. The Balaban J connectivity index is 1.93. The van der Waals surface area contributed by atoms with Crippen LogP contribution >= 0.6 is 0 Å². The second-order valence-electron chi connectivity index (χ2n) is 7.14. The van der Waals surface area contributed by atoms with Crippen molar-refractivity contribution in [3.05, 3.63) is 71.8 Å². The summed E-state index contributed by atoms with van der Waals surface area (Å²) in [6.45, 7) is 7.36. The smallest absolute Gasteiger partial charge is 0.290 e. The zero-order valence-corrected chi connectivity index (χ0v) is 17.3. The summed E-state index contributed by atoms with van der Waals surface area (Å²) < 4.78 is 1.71. The highest BCUT2D eigenvalue weighted by Gasteiger charge is 2.25. The van der Waals surface area contributed by atoms with Gasteiger partial charge in [0.25, 0.3) is 11.8 Å². The first kappa shape index (κ1) is 20.6. The normalized spacial score (nSPS) is 12.0.